The van der Waals surface area contributed by atoms with E-state index in [1.165, 1.54) is 21.8 Å². The van der Waals surface area contributed by atoms with Gasteiger partial charge in [0.25, 0.3) is 0 Å². The molecule has 26 heavy (non-hydrogen) atoms. The summed E-state index contributed by atoms with van der Waals surface area (Å²) >= 11 is 5.79. The van der Waals surface area contributed by atoms with E-state index in [0.29, 0.717) is 68.8 Å². The molecule has 0 aromatic heterocycles. The van der Waals surface area contributed by atoms with Crippen molar-refractivity contribution in [1.82, 2.24) is 0 Å². The number of ether oxygens (including phenoxy) is 2. The first-order valence-electron chi connectivity index (χ1n) is 6.80. The Bertz CT molecular complexity index is 811. The molecule has 0 amide bonds. The molecule has 0 spiro atoms. The van der Waals surface area contributed by atoms with Gasteiger partial charge < -0.3 is 0 Å². The quantitative estimate of drug-likeness (QED) is 0.294. The number of carbonyl (C=O) groups excluding carboxylic acids is 2. The molecule has 0 atom stereocenters. The molecule has 4 heterocycles. The fourth-order valence-electron chi connectivity index (χ4n) is 1.89. The zero-order valence-electron chi connectivity index (χ0n) is 13.1. The van der Waals surface area contributed by atoms with Crippen molar-refractivity contribution in [2.75, 3.05) is 14.2 Å². The van der Waals surface area contributed by atoms with Crippen LogP contribution < -0.4 is 0 Å². The fourth-order valence-corrected chi connectivity index (χ4v) is 29.5. The predicted molar refractivity (Wildman–Crippen MR) is 111 cm³/mol. The monoisotopic (exact) mass is 783 g/mol. The molecule has 0 saturated carbocycles. The SMILES string of the molecule is COC(=O)C1=C(C(=O)OC)[Se]C(=C2SC3=C(S2)[Se]C(=C2[Se]C=C[Se]2)[Se]3)[Se]1. The van der Waals surface area contributed by atoms with Gasteiger partial charge in [-0.3, -0.25) is 0 Å². The Hall–Kier alpha value is 1.46. The molecule has 4 rings (SSSR count). The van der Waals surface area contributed by atoms with Gasteiger partial charge in [0.15, 0.2) is 0 Å². The van der Waals surface area contributed by atoms with Crippen molar-refractivity contribution in [2.45, 2.75) is 0 Å². The van der Waals surface area contributed by atoms with Gasteiger partial charge in [0, 0.05) is 0 Å². The second-order valence-electron chi connectivity index (χ2n) is 4.49. The van der Waals surface area contributed by atoms with Crippen LogP contribution in [0.2, 0.25) is 0 Å². The van der Waals surface area contributed by atoms with Crippen LogP contribution in [-0.2, 0) is 19.1 Å². The number of thioether (sulfide) groups is 2. The Morgan fingerprint density at radius 3 is 1.73 bits per heavy atom. The zero-order chi connectivity index (χ0) is 18.3. The average Bonchev–Trinajstić information content (AvgIpc) is 3.41. The predicted octanol–water partition coefficient (Wildman–Crippen LogP) is 0.141. The summed E-state index contributed by atoms with van der Waals surface area (Å²) < 4.78 is 20.2. The van der Waals surface area contributed by atoms with Crippen molar-refractivity contribution >= 4 is 125 Å². The van der Waals surface area contributed by atoms with Crippen molar-refractivity contribution in [3.63, 3.8) is 0 Å². The topological polar surface area (TPSA) is 52.6 Å². The molecule has 4 aliphatic rings. The van der Waals surface area contributed by atoms with Crippen LogP contribution in [-0.4, -0.2) is 116 Å². The Labute approximate surface area is 196 Å². The second kappa shape index (κ2) is 9.08. The Morgan fingerprint density at radius 1 is 0.769 bits per heavy atom. The van der Waals surface area contributed by atoms with E-state index in [1.807, 2.05) is 23.5 Å². The van der Waals surface area contributed by atoms with Gasteiger partial charge >= 0.3 is 199 Å². The van der Waals surface area contributed by atoms with Crippen LogP contribution in [0.15, 0.2) is 40.8 Å². The number of esters is 2. The summed E-state index contributed by atoms with van der Waals surface area (Å²) in [5.41, 5.74) is 0. The van der Waals surface area contributed by atoms with Crippen molar-refractivity contribution < 1.29 is 19.1 Å². The second-order valence-corrected chi connectivity index (χ2v) is 24.3. The molecule has 12 heteroatoms. The third-order valence-corrected chi connectivity index (χ3v) is 29.6. The molecule has 0 aromatic carbocycles. The van der Waals surface area contributed by atoms with E-state index in [2.05, 4.69) is 9.95 Å². The van der Waals surface area contributed by atoms with E-state index in [4.69, 9.17) is 9.47 Å². The Morgan fingerprint density at radius 2 is 1.27 bits per heavy atom. The molecule has 0 unspecified atom stereocenters. The van der Waals surface area contributed by atoms with Gasteiger partial charge in [-0.2, -0.15) is 0 Å². The molecule has 0 fully saturated rings. The number of hydrogen-bond donors (Lipinski definition) is 0. The van der Waals surface area contributed by atoms with Gasteiger partial charge in [0.2, 0.25) is 0 Å². The normalized spacial score (nSPS) is 22.1. The van der Waals surface area contributed by atoms with Gasteiger partial charge in [-0.05, 0) is 0 Å². The van der Waals surface area contributed by atoms with E-state index in [9.17, 15) is 9.59 Å². The zero-order valence-corrected chi connectivity index (χ0v) is 25.0. The van der Waals surface area contributed by atoms with Gasteiger partial charge in [0.1, 0.15) is 0 Å². The van der Waals surface area contributed by atoms with Crippen molar-refractivity contribution in [2.24, 2.45) is 0 Å². The van der Waals surface area contributed by atoms with Crippen LogP contribution >= 0.6 is 23.5 Å². The summed E-state index contributed by atoms with van der Waals surface area (Å²) in [7, 11) is 2.74. The summed E-state index contributed by atoms with van der Waals surface area (Å²) in [5, 5.41) is 0. The van der Waals surface area contributed by atoms with E-state index >= 15 is 0 Å². The number of rotatable bonds is 2. The first-order valence-corrected chi connectivity index (χ1v) is 19.0. The third-order valence-electron chi connectivity index (χ3n) is 2.98. The molecular formula is C14H8O4S2Se6. The minimum atomic E-state index is -0.380. The van der Waals surface area contributed by atoms with Crippen LogP contribution in [0.3, 0.4) is 0 Å². The number of carbonyl (C=O) groups is 2. The molecule has 0 bridgehead atoms. The molecule has 136 valence electrons. The van der Waals surface area contributed by atoms with Crippen LogP contribution in [0.1, 0.15) is 0 Å². The summed E-state index contributed by atoms with van der Waals surface area (Å²) in [6.07, 6.45) is 0. The van der Waals surface area contributed by atoms with Gasteiger partial charge in [-0.15, -0.1) is 0 Å². The average molecular weight is 778 g/mol. The first-order chi connectivity index (χ1) is 12.6. The summed E-state index contributed by atoms with van der Waals surface area (Å²) in [6, 6.07) is 0. The molecular weight excluding hydrogens is 770 g/mol. The number of hydrogen-bond acceptors (Lipinski definition) is 6. The van der Waals surface area contributed by atoms with Gasteiger partial charge in [-0.1, -0.05) is 0 Å². The molecule has 0 radical (unpaired) electrons. The number of methoxy groups -OCH3 is 2. The van der Waals surface area contributed by atoms with Crippen LogP contribution in [0, 0.1) is 0 Å². The van der Waals surface area contributed by atoms with Crippen LogP contribution in [0.25, 0.3) is 0 Å². The fraction of sp³-hybridized carbons (Fsp3) is 0.143. The maximum atomic E-state index is 12.1. The van der Waals surface area contributed by atoms with Crippen LogP contribution in [0.4, 0.5) is 0 Å². The molecule has 0 aliphatic carbocycles. The summed E-state index contributed by atoms with van der Waals surface area (Å²) in [6.45, 7) is 0. The standard InChI is InChI=1S/C14H8O4S2Se6/c1-17-7(15)5-6(8(16)18-2)24-12(23-5)9-19-10-11(20-9)26-14(25-10)13-21-3-4-22-13/h3-4H,1-2H3. The Kier molecular flexibility index (Phi) is 7.23. The molecule has 0 saturated heterocycles. The van der Waals surface area contributed by atoms with E-state index in [0.717, 1.165) is 0 Å². The van der Waals surface area contributed by atoms with Crippen molar-refractivity contribution in [3.05, 3.63) is 40.8 Å². The minimum absolute atomic E-state index is 0.130. The van der Waals surface area contributed by atoms with Crippen molar-refractivity contribution in [3.8, 4) is 0 Å². The molecule has 4 aliphatic heterocycles. The molecule has 0 N–H and O–H groups in total. The summed E-state index contributed by atoms with van der Waals surface area (Å²) in [5.74, 6) is -0.759. The van der Waals surface area contributed by atoms with Crippen molar-refractivity contribution in [1.29, 1.82) is 0 Å². The summed E-state index contributed by atoms with van der Waals surface area (Å²) in [4.78, 5) is 28.9. The molecule has 0 aromatic rings. The van der Waals surface area contributed by atoms with E-state index in [1.54, 1.807) is 14.3 Å². The maximum absolute atomic E-state index is 12.1. The van der Waals surface area contributed by atoms with Gasteiger partial charge in [0.05, 0.1) is 0 Å². The van der Waals surface area contributed by atoms with Gasteiger partial charge in [-0.25, -0.2) is 0 Å². The molecule has 4 nitrogen and oxygen atoms in total. The van der Waals surface area contributed by atoms with E-state index < -0.39 is 0 Å². The third kappa shape index (κ3) is 4.17. The first kappa shape index (κ1) is 20.7. The van der Waals surface area contributed by atoms with Crippen LogP contribution in [0.5, 0.6) is 0 Å². The Balaban J connectivity index is 1.50. The van der Waals surface area contributed by atoms with E-state index in [-0.39, 0.29) is 41.9 Å².